The van der Waals surface area contributed by atoms with E-state index in [1.165, 1.54) is 16.7 Å². The Morgan fingerprint density at radius 3 is 2.77 bits per heavy atom. The number of nitrogens with one attached hydrogen (secondary N) is 1. The molecule has 0 spiro atoms. The van der Waals surface area contributed by atoms with Gasteiger partial charge in [-0.3, -0.25) is 0 Å². The molecule has 0 radical (unpaired) electrons. The molecule has 134 valence electrons. The van der Waals surface area contributed by atoms with Crippen LogP contribution in [0.4, 0.5) is 13.2 Å². The topological polar surface area (TPSA) is 85.9 Å². The molecule has 1 unspecified atom stereocenters. The van der Waals surface area contributed by atoms with Crippen LogP contribution in [0.2, 0.25) is 0 Å². The summed E-state index contributed by atoms with van der Waals surface area (Å²) in [4.78, 5) is 12.0. The lowest BCUT2D eigenvalue weighted by Gasteiger charge is -2.23. The molecule has 0 bridgehead atoms. The highest BCUT2D eigenvalue weighted by atomic mass is 19.4. The molecule has 1 atom stereocenters. The molecule has 0 saturated carbocycles. The van der Waals surface area contributed by atoms with Gasteiger partial charge in [0.1, 0.15) is 5.75 Å². The van der Waals surface area contributed by atoms with Crippen molar-refractivity contribution >= 4 is 0 Å². The standard InChI is InChI=1S/C17H13F3N4O2/c18-17(19,20)26-14-4-2-1-3-11(14)9-5-6-13-10(7-9)8-12(21)15-22-23-16(25)24(13)15/h1-7,12H,8,21H2,(H,23,25). The fraction of sp³-hybridized carbons (Fsp3) is 0.176. The van der Waals surface area contributed by atoms with Gasteiger partial charge < -0.3 is 10.5 Å². The van der Waals surface area contributed by atoms with Crippen LogP contribution < -0.4 is 16.2 Å². The van der Waals surface area contributed by atoms with E-state index in [1.54, 1.807) is 30.3 Å². The normalized spacial score (nSPS) is 16.1. The van der Waals surface area contributed by atoms with Gasteiger partial charge in [-0.2, -0.15) is 5.10 Å². The molecule has 0 saturated heterocycles. The molecule has 1 aliphatic heterocycles. The van der Waals surface area contributed by atoms with Gasteiger partial charge in [-0.25, -0.2) is 14.5 Å². The summed E-state index contributed by atoms with van der Waals surface area (Å²) in [6.07, 6.45) is -4.37. The first-order valence-electron chi connectivity index (χ1n) is 7.75. The molecule has 9 heteroatoms. The van der Waals surface area contributed by atoms with Crippen LogP contribution in [0.25, 0.3) is 16.8 Å². The maximum atomic E-state index is 12.6. The van der Waals surface area contributed by atoms with Gasteiger partial charge in [0.25, 0.3) is 0 Å². The van der Waals surface area contributed by atoms with E-state index in [4.69, 9.17) is 5.73 Å². The van der Waals surface area contributed by atoms with Crippen molar-refractivity contribution in [1.29, 1.82) is 0 Å². The summed E-state index contributed by atoms with van der Waals surface area (Å²) in [7, 11) is 0. The molecule has 0 amide bonds. The zero-order valence-corrected chi connectivity index (χ0v) is 13.2. The van der Waals surface area contributed by atoms with Crippen LogP contribution in [0.3, 0.4) is 0 Å². The van der Waals surface area contributed by atoms with E-state index >= 15 is 0 Å². The third-order valence-corrected chi connectivity index (χ3v) is 4.21. The Hall–Kier alpha value is -3.07. The summed E-state index contributed by atoms with van der Waals surface area (Å²) in [5, 5.41) is 6.29. The second-order valence-electron chi connectivity index (χ2n) is 5.92. The van der Waals surface area contributed by atoms with Crippen LogP contribution in [0.1, 0.15) is 17.4 Å². The van der Waals surface area contributed by atoms with Crippen molar-refractivity contribution in [2.45, 2.75) is 18.8 Å². The maximum absolute atomic E-state index is 12.6. The lowest BCUT2D eigenvalue weighted by atomic mass is 9.95. The van der Waals surface area contributed by atoms with Gasteiger partial charge >= 0.3 is 12.1 Å². The predicted molar refractivity (Wildman–Crippen MR) is 86.9 cm³/mol. The van der Waals surface area contributed by atoms with Crippen LogP contribution in [0.15, 0.2) is 47.3 Å². The number of nitrogens with zero attached hydrogens (tertiary/aromatic N) is 2. The zero-order valence-electron chi connectivity index (χ0n) is 13.2. The average molecular weight is 362 g/mol. The minimum atomic E-state index is -4.79. The minimum Gasteiger partial charge on any atom is -0.405 e. The zero-order chi connectivity index (χ0) is 18.5. The van der Waals surface area contributed by atoms with Gasteiger partial charge in [-0.1, -0.05) is 24.3 Å². The number of alkyl halides is 3. The number of hydrogen-bond donors (Lipinski definition) is 2. The Balaban J connectivity index is 1.82. The average Bonchev–Trinajstić information content (AvgIpc) is 2.96. The number of fused-ring (bicyclic) bond motifs is 3. The number of benzene rings is 2. The molecule has 0 aliphatic carbocycles. The van der Waals surface area contributed by atoms with Gasteiger partial charge in [0, 0.05) is 5.56 Å². The molecule has 4 rings (SSSR count). The van der Waals surface area contributed by atoms with E-state index in [1.807, 2.05) is 0 Å². The highest BCUT2D eigenvalue weighted by molar-refractivity contribution is 5.72. The monoisotopic (exact) mass is 362 g/mol. The lowest BCUT2D eigenvalue weighted by molar-refractivity contribution is -0.274. The second kappa shape index (κ2) is 5.73. The van der Waals surface area contributed by atoms with Crippen LogP contribution in [0, 0.1) is 0 Å². The Morgan fingerprint density at radius 1 is 1.23 bits per heavy atom. The minimum absolute atomic E-state index is 0.291. The maximum Gasteiger partial charge on any atom is 0.573 e. The highest BCUT2D eigenvalue weighted by Crippen LogP contribution is 2.36. The Kier molecular flexibility index (Phi) is 3.62. The molecule has 2 aromatic carbocycles. The van der Waals surface area contributed by atoms with E-state index in [0.29, 0.717) is 29.1 Å². The first-order valence-corrected chi connectivity index (χ1v) is 7.75. The van der Waals surface area contributed by atoms with Gasteiger partial charge in [-0.05, 0) is 35.7 Å². The molecule has 26 heavy (non-hydrogen) atoms. The number of rotatable bonds is 2. The first-order chi connectivity index (χ1) is 12.3. The summed E-state index contributed by atoms with van der Waals surface area (Å²) in [5.41, 5.74) is 7.84. The van der Waals surface area contributed by atoms with Gasteiger partial charge in [0.15, 0.2) is 5.82 Å². The van der Waals surface area contributed by atoms with Crippen molar-refractivity contribution in [2.24, 2.45) is 5.73 Å². The SMILES string of the molecule is NC1Cc2cc(-c3ccccc3OC(F)(F)F)ccc2-n2c1n[nH]c2=O. The third kappa shape index (κ3) is 2.76. The van der Waals surface area contributed by atoms with Gasteiger partial charge in [-0.15, -0.1) is 13.2 Å². The van der Waals surface area contributed by atoms with Crippen molar-refractivity contribution in [3.63, 3.8) is 0 Å². The molecule has 2 heterocycles. The number of hydrogen-bond acceptors (Lipinski definition) is 4. The van der Waals surface area contributed by atoms with Crippen LogP contribution >= 0.6 is 0 Å². The summed E-state index contributed by atoms with van der Waals surface area (Å²) < 4.78 is 43.4. The van der Waals surface area contributed by atoms with Crippen LogP contribution in [0.5, 0.6) is 5.75 Å². The summed E-state index contributed by atoms with van der Waals surface area (Å²) >= 11 is 0. The predicted octanol–water partition coefficient (Wildman–Crippen LogP) is 2.68. The summed E-state index contributed by atoms with van der Waals surface area (Å²) in [5.74, 6) is 0.136. The number of halogens is 3. The van der Waals surface area contributed by atoms with E-state index < -0.39 is 18.1 Å². The molecular weight excluding hydrogens is 349 g/mol. The fourth-order valence-electron chi connectivity index (χ4n) is 3.17. The van der Waals surface area contributed by atoms with Crippen molar-refractivity contribution < 1.29 is 17.9 Å². The van der Waals surface area contributed by atoms with E-state index in [0.717, 1.165) is 5.56 Å². The van der Waals surface area contributed by atoms with Gasteiger partial charge in [0.2, 0.25) is 0 Å². The Labute approximate surface area is 145 Å². The Bertz CT molecular complexity index is 1040. The van der Waals surface area contributed by atoms with Crippen molar-refractivity contribution in [2.75, 3.05) is 0 Å². The van der Waals surface area contributed by atoms with Crippen LogP contribution in [-0.2, 0) is 6.42 Å². The second-order valence-corrected chi connectivity index (χ2v) is 5.92. The summed E-state index contributed by atoms with van der Waals surface area (Å²) in [6.45, 7) is 0. The highest BCUT2D eigenvalue weighted by Gasteiger charge is 2.32. The third-order valence-electron chi connectivity index (χ3n) is 4.21. The Morgan fingerprint density at radius 2 is 2.00 bits per heavy atom. The molecule has 1 aliphatic rings. The molecule has 3 aromatic rings. The van der Waals surface area contributed by atoms with Gasteiger partial charge in [0.05, 0.1) is 11.7 Å². The number of nitrogens with two attached hydrogens (primary N) is 1. The number of para-hydroxylation sites is 1. The quantitative estimate of drug-likeness (QED) is 0.734. The first kappa shape index (κ1) is 16.4. The molecule has 1 aromatic heterocycles. The van der Waals surface area contributed by atoms with Crippen molar-refractivity contribution in [3.05, 3.63) is 64.3 Å². The van der Waals surface area contributed by atoms with Crippen molar-refractivity contribution in [3.8, 4) is 22.6 Å². The van der Waals surface area contributed by atoms with E-state index in [9.17, 15) is 18.0 Å². The van der Waals surface area contributed by atoms with Crippen LogP contribution in [-0.4, -0.2) is 21.1 Å². The van der Waals surface area contributed by atoms with E-state index in [2.05, 4.69) is 14.9 Å². The number of ether oxygens (including phenoxy) is 1. The lowest BCUT2D eigenvalue weighted by Crippen LogP contribution is -2.28. The largest absolute Gasteiger partial charge is 0.573 e. The smallest absolute Gasteiger partial charge is 0.405 e. The molecule has 3 N–H and O–H groups in total. The number of aromatic nitrogens is 3. The number of H-pyrrole nitrogens is 1. The van der Waals surface area contributed by atoms with Crippen molar-refractivity contribution in [1.82, 2.24) is 14.8 Å². The fourth-order valence-corrected chi connectivity index (χ4v) is 3.17. The number of aromatic amines is 1. The summed E-state index contributed by atoms with van der Waals surface area (Å²) in [6, 6.07) is 10.4. The van der Waals surface area contributed by atoms with E-state index in [-0.39, 0.29) is 5.75 Å². The molecular formula is C17H13F3N4O2. The molecule has 0 fully saturated rings. The molecule has 6 nitrogen and oxygen atoms in total.